The van der Waals surface area contributed by atoms with Gasteiger partial charge in [0.25, 0.3) is 5.91 Å². The van der Waals surface area contributed by atoms with Crippen molar-refractivity contribution in [2.24, 2.45) is 0 Å². The molecule has 2 aromatic carbocycles. The number of nitrogens with zero attached hydrogens (tertiary/aromatic N) is 2. The topological polar surface area (TPSA) is 46.9 Å². The van der Waals surface area contributed by atoms with Gasteiger partial charge in [-0.3, -0.25) is 4.79 Å². The van der Waals surface area contributed by atoms with Gasteiger partial charge in [0, 0.05) is 12.6 Å². The average Bonchev–Trinajstić information content (AvgIpc) is 3.05. The van der Waals surface area contributed by atoms with Crippen LogP contribution in [0, 0.1) is 0 Å². The molecule has 1 amide bonds. The van der Waals surface area contributed by atoms with E-state index in [-0.39, 0.29) is 5.91 Å². The van der Waals surface area contributed by atoms with Gasteiger partial charge in [-0.2, -0.15) is 0 Å². The minimum Gasteiger partial charge on any atom is -0.494 e. The number of aromatic nitrogens is 1. The van der Waals surface area contributed by atoms with E-state index in [4.69, 9.17) is 4.74 Å². The summed E-state index contributed by atoms with van der Waals surface area (Å²) in [5.74, 6) is 1.00. The summed E-state index contributed by atoms with van der Waals surface area (Å²) in [6.45, 7) is 4.44. The number of quaternary nitrogens is 1. The number of rotatable bonds is 8. The first-order chi connectivity index (χ1) is 13.0. The van der Waals surface area contributed by atoms with E-state index in [2.05, 4.69) is 23.2 Å². The third kappa shape index (κ3) is 5.28. The number of likely N-dealkylation sites (N-methyl/N-ethyl adjacent to an activating group) is 2. The number of carbonyl (C=O) groups is 1. The molecule has 3 aromatic rings. The van der Waals surface area contributed by atoms with Crippen LogP contribution in [-0.4, -0.2) is 43.0 Å². The smallest absolute Gasteiger partial charge is 0.277 e. The lowest BCUT2D eigenvalue weighted by atomic mass is 10.2. The van der Waals surface area contributed by atoms with Gasteiger partial charge in [0.05, 0.1) is 30.4 Å². The summed E-state index contributed by atoms with van der Waals surface area (Å²) in [6.07, 6.45) is 0. The number of hydrogen-bond donors (Lipinski definition) is 1. The monoisotopic (exact) mass is 384 g/mol. The molecule has 1 unspecified atom stereocenters. The zero-order chi connectivity index (χ0) is 19.2. The molecule has 3 rings (SSSR count). The molecule has 0 aliphatic heterocycles. The van der Waals surface area contributed by atoms with Crippen LogP contribution in [0.2, 0.25) is 0 Å². The summed E-state index contributed by atoms with van der Waals surface area (Å²) >= 11 is 1.65. The van der Waals surface area contributed by atoms with E-state index >= 15 is 0 Å². The second-order valence-electron chi connectivity index (χ2n) is 6.71. The molecule has 1 heterocycles. The lowest BCUT2D eigenvalue weighted by Gasteiger charge is -2.19. The second-order valence-corrected chi connectivity index (χ2v) is 7.83. The van der Waals surface area contributed by atoms with E-state index in [1.54, 1.807) is 16.2 Å². The molecular formula is C21H26N3O2S+. The van der Waals surface area contributed by atoms with Crippen molar-refractivity contribution in [3.63, 3.8) is 0 Å². The van der Waals surface area contributed by atoms with Crippen molar-refractivity contribution in [2.75, 3.05) is 27.2 Å². The van der Waals surface area contributed by atoms with Gasteiger partial charge in [0.15, 0.2) is 6.54 Å². The predicted molar refractivity (Wildman–Crippen MR) is 109 cm³/mol. The molecule has 0 bridgehead atoms. The van der Waals surface area contributed by atoms with Gasteiger partial charge >= 0.3 is 0 Å². The van der Waals surface area contributed by atoms with E-state index in [0.29, 0.717) is 19.7 Å². The van der Waals surface area contributed by atoms with Crippen molar-refractivity contribution in [2.45, 2.75) is 20.0 Å². The Hall–Kier alpha value is -2.44. The molecule has 27 heavy (non-hydrogen) atoms. The van der Waals surface area contributed by atoms with E-state index in [1.165, 1.54) is 5.56 Å². The summed E-state index contributed by atoms with van der Waals surface area (Å²) < 4.78 is 6.63. The number of para-hydroxylation sites is 1. The summed E-state index contributed by atoms with van der Waals surface area (Å²) in [4.78, 5) is 20.1. The van der Waals surface area contributed by atoms with Crippen molar-refractivity contribution >= 4 is 27.5 Å². The van der Waals surface area contributed by atoms with Crippen molar-refractivity contribution in [3.05, 3.63) is 59.1 Å². The fraction of sp³-hybridized carbons (Fsp3) is 0.333. The molecule has 0 fully saturated rings. The third-order valence-corrected chi connectivity index (χ3v) is 5.35. The van der Waals surface area contributed by atoms with Gasteiger partial charge in [-0.1, -0.05) is 12.1 Å². The van der Waals surface area contributed by atoms with Crippen LogP contribution in [0.1, 0.15) is 17.5 Å². The molecule has 142 valence electrons. The van der Waals surface area contributed by atoms with Gasteiger partial charge in [-0.05, 0) is 43.3 Å². The summed E-state index contributed by atoms with van der Waals surface area (Å²) in [5.41, 5.74) is 2.19. The van der Waals surface area contributed by atoms with Crippen molar-refractivity contribution < 1.29 is 14.4 Å². The quantitative estimate of drug-likeness (QED) is 0.649. The van der Waals surface area contributed by atoms with Crippen LogP contribution in [0.5, 0.6) is 5.75 Å². The summed E-state index contributed by atoms with van der Waals surface area (Å²) in [6, 6.07) is 16.1. The minimum atomic E-state index is 0.123. The normalized spacial score (nSPS) is 12.1. The highest BCUT2D eigenvalue weighted by atomic mass is 32.1. The van der Waals surface area contributed by atoms with Gasteiger partial charge in [0.1, 0.15) is 17.3 Å². The maximum Gasteiger partial charge on any atom is 0.277 e. The lowest BCUT2D eigenvalue weighted by molar-refractivity contribution is -0.885. The number of hydrogen-bond acceptors (Lipinski definition) is 4. The molecule has 5 nitrogen and oxygen atoms in total. The number of amides is 1. The molecule has 6 heteroatoms. The van der Waals surface area contributed by atoms with E-state index in [0.717, 1.165) is 32.4 Å². The largest absolute Gasteiger partial charge is 0.494 e. The van der Waals surface area contributed by atoms with Crippen LogP contribution < -0.4 is 9.64 Å². The van der Waals surface area contributed by atoms with Crippen molar-refractivity contribution in [3.8, 4) is 5.75 Å². The zero-order valence-corrected chi connectivity index (χ0v) is 16.9. The number of thiazole rings is 1. The Kier molecular flexibility index (Phi) is 6.42. The SMILES string of the molecule is CCOc1ccc(C[NH+](C)CC(=O)N(C)Cc2nc3ccccc3s2)cc1. The minimum absolute atomic E-state index is 0.123. The molecule has 1 aromatic heterocycles. The molecule has 1 atom stereocenters. The van der Waals surface area contributed by atoms with Gasteiger partial charge in [-0.15, -0.1) is 11.3 Å². The Labute approximate surface area is 164 Å². The van der Waals surface area contributed by atoms with Crippen LogP contribution >= 0.6 is 11.3 Å². The van der Waals surface area contributed by atoms with E-state index < -0.39 is 0 Å². The van der Waals surface area contributed by atoms with Crippen LogP contribution in [0.15, 0.2) is 48.5 Å². The van der Waals surface area contributed by atoms with Gasteiger partial charge < -0.3 is 14.5 Å². The molecule has 0 saturated carbocycles. The predicted octanol–water partition coefficient (Wildman–Crippen LogP) is 2.37. The maximum atomic E-state index is 12.6. The first-order valence-corrected chi connectivity index (χ1v) is 9.98. The first-order valence-electron chi connectivity index (χ1n) is 9.16. The highest BCUT2D eigenvalue weighted by molar-refractivity contribution is 7.18. The zero-order valence-electron chi connectivity index (χ0n) is 16.1. The number of benzene rings is 2. The molecule has 0 radical (unpaired) electrons. The lowest BCUT2D eigenvalue weighted by Crippen LogP contribution is -3.08. The summed E-state index contributed by atoms with van der Waals surface area (Å²) in [7, 11) is 3.89. The van der Waals surface area contributed by atoms with Crippen LogP contribution in [0.3, 0.4) is 0 Å². The standard InChI is InChI=1S/C21H25N3O2S/c1-4-26-17-11-9-16(10-12-17)13-23(2)15-21(25)24(3)14-20-22-18-7-5-6-8-19(18)27-20/h5-12H,4,13-15H2,1-3H3/p+1. The van der Waals surface area contributed by atoms with Gasteiger partial charge in [0.2, 0.25) is 0 Å². The summed E-state index contributed by atoms with van der Waals surface area (Å²) in [5, 5.41) is 0.969. The highest BCUT2D eigenvalue weighted by Crippen LogP contribution is 2.22. The average molecular weight is 385 g/mol. The molecular weight excluding hydrogens is 358 g/mol. The Morgan fingerprint density at radius 2 is 1.93 bits per heavy atom. The molecule has 0 aliphatic rings. The molecule has 0 spiro atoms. The highest BCUT2D eigenvalue weighted by Gasteiger charge is 2.17. The third-order valence-electron chi connectivity index (χ3n) is 4.33. The van der Waals surface area contributed by atoms with Crippen LogP contribution in [-0.2, 0) is 17.9 Å². The molecule has 0 aliphatic carbocycles. The van der Waals surface area contributed by atoms with Crippen LogP contribution in [0.25, 0.3) is 10.2 Å². The Bertz CT molecular complexity index is 859. The molecule has 1 N–H and O–H groups in total. The van der Waals surface area contributed by atoms with Crippen molar-refractivity contribution in [1.29, 1.82) is 0 Å². The van der Waals surface area contributed by atoms with Crippen LogP contribution in [0.4, 0.5) is 0 Å². The maximum absolute atomic E-state index is 12.6. The van der Waals surface area contributed by atoms with E-state index in [9.17, 15) is 4.79 Å². The molecule has 0 saturated heterocycles. The van der Waals surface area contributed by atoms with Gasteiger partial charge in [-0.25, -0.2) is 4.98 Å². The first kappa shape index (κ1) is 19.3. The number of nitrogens with one attached hydrogen (secondary N) is 1. The Balaban J connectivity index is 1.52. The Morgan fingerprint density at radius 3 is 2.63 bits per heavy atom. The fourth-order valence-electron chi connectivity index (χ4n) is 2.95. The number of ether oxygens (including phenoxy) is 1. The van der Waals surface area contributed by atoms with Crippen molar-refractivity contribution in [1.82, 2.24) is 9.88 Å². The van der Waals surface area contributed by atoms with E-state index in [1.807, 2.05) is 51.4 Å². The second kappa shape index (κ2) is 8.97. The Morgan fingerprint density at radius 1 is 1.19 bits per heavy atom. The fourth-order valence-corrected chi connectivity index (χ4v) is 3.97. The number of fused-ring (bicyclic) bond motifs is 1. The number of carbonyl (C=O) groups excluding carboxylic acids is 1.